The number of rotatable bonds is 0. The van der Waals surface area contributed by atoms with Crippen molar-refractivity contribution in [3.8, 4) is 0 Å². The second kappa shape index (κ2) is 2.47. The molecule has 1 saturated heterocycles. The number of hydrogen-bond acceptors (Lipinski definition) is 1. The van der Waals surface area contributed by atoms with Crippen LogP contribution in [0.5, 0.6) is 0 Å². The topological polar surface area (TPSA) is 3.24 Å². The van der Waals surface area contributed by atoms with E-state index < -0.39 is 0 Å². The Kier molecular flexibility index (Phi) is 1.76. The number of piperidine rings is 1. The fraction of sp³-hybridized carbons (Fsp3) is 1.00. The average molecular weight is 167 g/mol. The molecule has 0 N–H and O–H groups in total. The zero-order valence-corrected chi connectivity index (χ0v) is 8.69. The van der Waals surface area contributed by atoms with E-state index in [1.807, 2.05) is 0 Å². The zero-order valence-electron chi connectivity index (χ0n) is 8.69. The second-order valence-corrected chi connectivity index (χ2v) is 5.82. The normalized spacial score (nSPS) is 33.2. The van der Waals surface area contributed by atoms with Gasteiger partial charge in [0, 0.05) is 0 Å². The molecule has 2 rings (SSSR count). The maximum absolute atomic E-state index is 2.47. The zero-order chi connectivity index (χ0) is 8.82. The van der Waals surface area contributed by atoms with E-state index in [2.05, 4.69) is 25.8 Å². The largest absolute Gasteiger partial charge is 0.306 e. The van der Waals surface area contributed by atoms with Gasteiger partial charge in [-0.05, 0) is 56.7 Å². The van der Waals surface area contributed by atoms with Crippen molar-refractivity contribution in [3.05, 3.63) is 0 Å². The molecule has 2 fully saturated rings. The summed E-state index contributed by atoms with van der Waals surface area (Å²) in [5, 5.41) is 0. The predicted octanol–water partition coefficient (Wildman–Crippen LogP) is 2.52. The molecule has 1 heterocycles. The van der Waals surface area contributed by atoms with Crippen LogP contribution < -0.4 is 0 Å². The van der Waals surface area contributed by atoms with Gasteiger partial charge in [-0.25, -0.2) is 0 Å². The van der Waals surface area contributed by atoms with Gasteiger partial charge >= 0.3 is 0 Å². The van der Waals surface area contributed by atoms with Crippen molar-refractivity contribution in [2.24, 2.45) is 10.8 Å². The molecule has 0 aromatic rings. The highest BCUT2D eigenvalue weighted by molar-refractivity contribution is 5.00. The monoisotopic (exact) mass is 167 g/mol. The molecule has 1 aliphatic heterocycles. The molecular formula is C11H21N. The summed E-state index contributed by atoms with van der Waals surface area (Å²) < 4.78 is 0. The summed E-state index contributed by atoms with van der Waals surface area (Å²) in [7, 11) is 2.25. The van der Waals surface area contributed by atoms with Crippen LogP contribution in [0.3, 0.4) is 0 Å². The summed E-state index contributed by atoms with van der Waals surface area (Å²) in [6.45, 7) is 7.49. The lowest BCUT2D eigenvalue weighted by atomic mass is 9.51. The van der Waals surface area contributed by atoms with Gasteiger partial charge in [0.15, 0.2) is 0 Å². The molecule has 0 aromatic heterocycles. The Morgan fingerprint density at radius 3 is 1.92 bits per heavy atom. The minimum atomic E-state index is 0.663. The van der Waals surface area contributed by atoms with Crippen LogP contribution in [0.2, 0.25) is 0 Å². The summed E-state index contributed by atoms with van der Waals surface area (Å²) in [5.41, 5.74) is 1.44. The van der Waals surface area contributed by atoms with Crippen LogP contribution in [0, 0.1) is 10.8 Å². The van der Waals surface area contributed by atoms with Crippen LogP contribution in [-0.4, -0.2) is 25.0 Å². The summed E-state index contributed by atoms with van der Waals surface area (Å²) in [4.78, 5) is 2.47. The number of likely N-dealkylation sites (tertiary alicyclic amines) is 1. The third-order valence-corrected chi connectivity index (χ3v) is 3.75. The first kappa shape index (κ1) is 8.55. The second-order valence-electron chi connectivity index (χ2n) is 5.82. The molecule has 1 heteroatoms. The number of hydrogen-bond donors (Lipinski definition) is 0. The van der Waals surface area contributed by atoms with Gasteiger partial charge in [-0.15, -0.1) is 0 Å². The Balaban J connectivity index is 1.91. The molecule has 1 spiro atoms. The van der Waals surface area contributed by atoms with Crippen molar-refractivity contribution in [2.45, 2.75) is 39.5 Å². The van der Waals surface area contributed by atoms with Gasteiger partial charge < -0.3 is 4.90 Å². The highest BCUT2D eigenvalue weighted by Gasteiger charge is 2.49. The molecular weight excluding hydrogens is 146 g/mol. The lowest BCUT2D eigenvalue weighted by Gasteiger charge is -2.56. The lowest BCUT2D eigenvalue weighted by molar-refractivity contribution is -0.0560. The first-order chi connectivity index (χ1) is 5.52. The van der Waals surface area contributed by atoms with E-state index in [4.69, 9.17) is 0 Å². The Morgan fingerprint density at radius 1 is 1.00 bits per heavy atom. The molecule has 0 atom stereocenters. The van der Waals surface area contributed by atoms with E-state index in [0.29, 0.717) is 5.41 Å². The van der Waals surface area contributed by atoms with Crippen molar-refractivity contribution in [2.75, 3.05) is 20.1 Å². The molecule has 1 saturated carbocycles. The van der Waals surface area contributed by atoms with Crippen molar-refractivity contribution < 1.29 is 0 Å². The van der Waals surface area contributed by atoms with Crippen LogP contribution >= 0.6 is 0 Å². The Bertz CT molecular complexity index is 165. The van der Waals surface area contributed by atoms with Crippen molar-refractivity contribution in [1.29, 1.82) is 0 Å². The standard InChI is InChI=1S/C11H21N/c1-10(2)8-11(9-10)4-6-12(3)7-5-11/h4-9H2,1-3H3. The summed E-state index contributed by atoms with van der Waals surface area (Å²) in [6.07, 6.45) is 5.86. The molecule has 70 valence electrons. The molecule has 0 bridgehead atoms. The van der Waals surface area contributed by atoms with Crippen LogP contribution in [0.1, 0.15) is 39.5 Å². The maximum Gasteiger partial charge on any atom is -0.00165 e. The van der Waals surface area contributed by atoms with Gasteiger partial charge in [-0.3, -0.25) is 0 Å². The summed E-state index contributed by atoms with van der Waals surface area (Å²) in [6, 6.07) is 0. The molecule has 1 aliphatic carbocycles. The van der Waals surface area contributed by atoms with Crippen LogP contribution in [0.25, 0.3) is 0 Å². The predicted molar refractivity (Wildman–Crippen MR) is 52.2 cm³/mol. The summed E-state index contributed by atoms with van der Waals surface area (Å²) in [5.74, 6) is 0. The lowest BCUT2D eigenvalue weighted by Crippen LogP contribution is -2.49. The molecule has 0 radical (unpaired) electrons. The molecule has 0 amide bonds. The van der Waals surface area contributed by atoms with Crippen molar-refractivity contribution in [3.63, 3.8) is 0 Å². The molecule has 1 nitrogen and oxygen atoms in total. The van der Waals surface area contributed by atoms with Crippen molar-refractivity contribution >= 4 is 0 Å². The smallest absolute Gasteiger partial charge is 0.00165 e. The molecule has 12 heavy (non-hydrogen) atoms. The maximum atomic E-state index is 2.47. The van der Waals surface area contributed by atoms with Crippen LogP contribution in [-0.2, 0) is 0 Å². The summed E-state index contributed by atoms with van der Waals surface area (Å²) >= 11 is 0. The van der Waals surface area contributed by atoms with E-state index in [1.165, 1.54) is 38.8 Å². The molecule has 0 unspecified atom stereocenters. The first-order valence-electron chi connectivity index (χ1n) is 5.20. The van der Waals surface area contributed by atoms with Gasteiger partial charge in [0.1, 0.15) is 0 Å². The van der Waals surface area contributed by atoms with Gasteiger partial charge in [0.25, 0.3) is 0 Å². The van der Waals surface area contributed by atoms with E-state index in [-0.39, 0.29) is 0 Å². The van der Waals surface area contributed by atoms with Crippen LogP contribution in [0.15, 0.2) is 0 Å². The van der Waals surface area contributed by atoms with E-state index in [9.17, 15) is 0 Å². The highest BCUT2D eigenvalue weighted by atomic mass is 15.1. The minimum absolute atomic E-state index is 0.663. The first-order valence-corrected chi connectivity index (χ1v) is 5.20. The van der Waals surface area contributed by atoms with E-state index >= 15 is 0 Å². The minimum Gasteiger partial charge on any atom is -0.306 e. The highest BCUT2D eigenvalue weighted by Crippen LogP contribution is 2.58. The Morgan fingerprint density at radius 2 is 1.50 bits per heavy atom. The van der Waals surface area contributed by atoms with E-state index in [0.717, 1.165) is 5.41 Å². The van der Waals surface area contributed by atoms with E-state index in [1.54, 1.807) is 0 Å². The van der Waals surface area contributed by atoms with Gasteiger partial charge in [0.2, 0.25) is 0 Å². The quantitative estimate of drug-likeness (QED) is 0.536. The Labute approximate surface area is 76.1 Å². The van der Waals surface area contributed by atoms with Gasteiger partial charge in [-0.1, -0.05) is 13.8 Å². The van der Waals surface area contributed by atoms with Crippen LogP contribution in [0.4, 0.5) is 0 Å². The molecule has 2 aliphatic rings. The third-order valence-electron chi connectivity index (χ3n) is 3.75. The average Bonchev–Trinajstić information content (AvgIpc) is 1.91. The van der Waals surface area contributed by atoms with Crippen molar-refractivity contribution in [1.82, 2.24) is 4.90 Å². The SMILES string of the molecule is CN1CCC2(CC1)CC(C)(C)C2. The third kappa shape index (κ3) is 1.39. The Hall–Kier alpha value is -0.0400. The van der Waals surface area contributed by atoms with Gasteiger partial charge in [0.05, 0.1) is 0 Å². The fourth-order valence-electron chi connectivity index (χ4n) is 3.42. The molecule has 0 aromatic carbocycles. The number of nitrogens with zero attached hydrogens (tertiary/aromatic N) is 1. The fourth-order valence-corrected chi connectivity index (χ4v) is 3.42. The van der Waals surface area contributed by atoms with Gasteiger partial charge in [-0.2, -0.15) is 0 Å².